The van der Waals surface area contributed by atoms with Crippen LogP contribution in [0.25, 0.3) is 0 Å². The van der Waals surface area contributed by atoms with Gasteiger partial charge in [-0.15, -0.1) is 0 Å². The molecule has 0 aromatic rings. The van der Waals surface area contributed by atoms with Crippen molar-refractivity contribution in [1.82, 2.24) is 15.1 Å². The van der Waals surface area contributed by atoms with E-state index in [4.69, 9.17) is 4.74 Å². The van der Waals surface area contributed by atoms with Crippen molar-refractivity contribution in [3.05, 3.63) is 12.2 Å². The first-order chi connectivity index (χ1) is 10.1. The molecule has 2 N–H and O–H groups in total. The van der Waals surface area contributed by atoms with Crippen molar-refractivity contribution in [3.63, 3.8) is 0 Å². The third-order valence-electron chi connectivity index (χ3n) is 4.16. The Labute approximate surface area is 126 Å². The first kappa shape index (κ1) is 16.4. The van der Waals surface area contributed by atoms with E-state index in [1.807, 2.05) is 25.1 Å². The van der Waals surface area contributed by atoms with E-state index in [1.165, 1.54) is 0 Å². The molecule has 2 rings (SSSR count). The Balaban J connectivity index is 1.79. The summed E-state index contributed by atoms with van der Waals surface area (Å²) in [5, 5.41) is 13.4. The largest absolute Gasteiger partial charge is 0.389 e. The fourth-order valence-electron chi connectivity index (χ4n) is 3.03. The van der Waals surface area contributed by atoms with E-state index in [-0.39, 0.29) is 18.0 Å². The number of morpholine rings is 1. The summed E-state index contributed by atoms with van der Waals surface area (Å²) in [4.78, 5) is 16.1. The Morgan fingerprint density at radius 2 is 2.10 bits per heavy atom. The fourth-order valence-corrected chi connectivity index (χ4v) is 3.03. The minimum Gasteiger partial charge on any atom is -0.389 e. The molecule has 0 unspecified atom stereocenters. The summed E-state index contributed by atoms with van der Waals surface area (Å²) in [7, 11) is 3.91. The van der Waals surface area contributed by atoms with Crippen LogP contribution >= 0.6 is 0 Å². The third kappa shape index (κ3) is 4.78. The van der Waals surface area contributed by atoms with Gasteiger partial charge in [-0.1, -0.05) is 6.08 Å². The number of hydrogen-bond acceptors (Lipinski definition) is 5. The standard InChI is InChI=1S/C15H27N3O3/c1-17(2)7-3-4-14(19)16-12-5-6-13(15(12)20)18-8-10-21-11-9-18/h3-4,12-13,15,20H,5-11H2,1-2H3,(H,16,19)/b4-3+/t12-,13-,15-/m1/s1. The molecular weight excluding hydrogens is 270 g/mol. The molecule has 0 spiro atoms. The summed E-state index contributed by atoms with van der Waals surface area (Å²) in [6, 6.07) is -0.000643. The average Bonchev–Trinajstić information content (AvgIpc) is 2.81. The molecule has 21 heavy (non-hydrogen) atoms. The van der Waals surface area contributed by atoms with Gasteiger partial charge >= 0.3 is 0 Å². The number of likely N-dealkylation sites (N-methyl/N-ethyl adjacent to an activating group) is 1. The molecule has 3 atom stereocenters. The van der Waals surface area contributed by atoms with Crippen molar-refractivity contribution in [2.45, 2.75) is 31.0 Å². The number of rotatable bonds is 5. The summed E-state index contributed by atoms with van der Waals surface area (Å²) >= 11 is 0. The monoisotopic (exact) mass is 297 g/mol. The summed E-state index contributed by atoms with van der Waals surface area (Å²) < 4.78 is 5.34. The summed E-state index contributed by atoms with van der Waals surface area (Å²) in [6.07, 6.45) is 4.64. The second-order valence-electron chi connectivity index (χ2n) is 6.06. The topological polar surface area (TPSA) is 65.0 Å². The molecule has 2 fully saturated rings. The van der Waals surface area contributed by atoms with E-state index in [1.54, 1.807) is 6.08 Å². The number of hydrogen-bond donors (Lipinski definition) is 2. The number of amides is 1. The minimum atomic E-state index is -0.491. The van der Waals surface area contributed by atoms with Crippen LogP contribution in [0.1, 0.15) is 12.8 Å². The molecule has 120 valence electrons. The predicted octanol–water partition coefficient (Wildman–Crippen LogP) is -0.555. The maximum atomic E-state index is 11.8. The van der Waals surface area contributed by atoms with Crippen LogP contribution in [-0.2, 0) is 9.53 Å². The lowest BCUT2D eigenvalue weighted by Crippen LogP contribution is -2.51. The first-order valence-corrected chi connectivity index (χ1v) is 7.69. The fraction of sp³-hybridized carbons (Fsp3) is 0.800. The molecule has 6 heteroatoms. The van der Waals surface area contributed by atoms with Gasteiger partial charge < -0.3 is 20.1 Å². The lowest BCUT2D eigenvalue weighted by molar-refractivity contribution is -0.118. The van der Waals surface area contributed by atoms with Crippen LogP contribution in [0.3, 0.4) is 0 Å². The van der Waals surface area contributed by atoms with Gasteiger partial charge in [0.05, 0.1) is 25.4 Å². The van der Waals surface area contributed by atoms with E-state index in [0.717, 1.165) is 45.7 Å². The number of nitrogens with zero attached hydrogens (tertiary/aromatic N) is 2. The van der Waals surface area contributed by atoms with Crippen LogP contribution in [-0.4, -0.2) is 85.9 Å². The molecule has 1 amide bonds. The summed E-state index contributed by atoms with van der Waals surface area (Å²) in [5.74, 6) is -0.122. The van der Waals surface area contributed by atoms with Gasteiger partial charge in [-0.3, -0.25) is 9.69 Å². The lowest BCUT2D eigenvalue weighted by Gasteiger charge is -2.34. The number of aliphatic hydroxyl groups excluding tert-OH is 1. The van der Waals surface area contributed by atoms with Gasteiger partial charge in [-0.25, -0.2) is 0 Å². The summed E-state index contributed by atoms with van der Waals surface area (Å²) in [5.41, 5.74) is 0. The quantitative estimate of drug-likeness (QED) is 0.666. The van der Waals surface area contributed by atoms with Crippen LogP contribution in [0.2, 0.25) is 0 Å². The molecule has 1 aliphatic heterocycles. The molecule has 1 saturated carbocycles. The average molecular weight is 297 g/mol. The van der Waals surface area contributed by atoms with Crippen LogP contribution in [0, 0.1) is 0 Å². The number of carbonyl (C=O) groups excluding carboxylic acids is 1. The molecule has 0 aromatic heterocycles. The maximum Gasteiger partial charge on any atom is 0.244 e. The number of ether oxygens (including phenoxy) is 1. The van der Waals surface area contributed by atoms with E-state index in [0.29, 0.717) is 0 Å². The van der Waals surface area contributed by atoms with Gasteiger partial charge in [-0.2, -0.15) is 0 Å². The van der Waals surface area contributed by atoms with Crippen molar-refractivity contribution in [3.8, 4) is 0 Å². The Bertz CT molecular complexity index is 367. The van der Waals surface area contributed by atoms with Crippen LogP contribution in [0.5, 0.6) is 0 Å². The van der Waals surface area contributed by atoms with Crippen LogP contribution in [0.4, 0.5) is 0 Å². The Hall–Kier alpha value is -0.950. The van der Waals surface area contributed by atoms with Crippen molar-refractivity contribution in [2.75, 3.05) is 46.9 Å². The van der Waals surface area contributed by atoms with Crippen molar-refractivity contribution in [1.29, 1.82) is 0 Å². The van der Waals surface area contributed by atoms with Crippen molar-refractivity contribution >= 4 is 5.91 Å². The SMILES string of the molecule is CN(C)C/C=C/C(=O)N[C@@H]1CC[C@@H](N2CCOCC2)[C@@H]1O. The van der Waals surface area contributed by atoms with Gasteiger partial charge in [0.15, 0.2) is 0 Å². The van der Waals surface area contributed by atoms with Gasteiger partial charge in [0.2, 0.25) is 5.91 Å². The normalized spacial score (nSPS) is 31.1. The Morgan fingerprint density at radius 3 is 2.76 bits per heavy atom. The molecule has 2 aliphatic rings. The van der Waals surface area contributed by atoms with E-state index in [9.17, 15) is 9.90 Å². The predicted molar refractivity (Wildman–Crippen MR) is 81.0 cm³/mol. The molecule has 1 saturated heterocycles. The number of aliphatic hydroxyl groups is 1. The zero-order chi connectivity index (χ0) is 15.2. The number of carbonyl (C=O) groups is 1. The van der Waals surface area contributed by atoms with E-state index >= 15 is 0 Å². The van der Waals surface area contributed by atoms with Crippen molar-refractivity contribution < 1.29 is 14.6 Å². The molecule has 6 nitrogen and oxygen atoms in total. The number of nitrogens with one attached hydrogen (secondary N) is 1. The highest BCUT2D eigenvalue weighted by Crippen LogP contribution is 2.25. The van der Waals surface area contributed by atoms with Gasteiger partial charge in [0.1, 0.15) is 0 Å². The first-order valence-electron chi connectivity index (χ1n) is 7.69. The Kier molecular flexibility index (Phi) is 6.17. The smallest absolute Gasteiger partial charge is 0.244 e. The molecular formula is C15H27N3O3. The maximum absolute atomic E-state index is 11.8. The zero-order valence-electron chi connectivity index (χ0n) is 13.0. The van der Waals surface area contributed by atoms with E-state index in [2.05, 4.69) is 10.2 Å². The lowest BCUT2D eigenvalue weighted by atomic mass is 10.1. The second kappa shape index (κ2) is 7.89. The van der Waals surface area contributed by atoms with Gasteiger partial charge in [0, 0.05) is 31.8 Å². The van der Waals surface area contributed by atoms with Crippen molar-refractivity contribution in [2.24, 2.45) is 0 Å². The molecule has 1 aliphatic carbocycles. The zero-order valence-corrected chi connectivity index (χ0v) is 13.0. The highest BCUT2D eigenvalue weighted by molar-refractivity contribution is 5.87. The van der Waals surface area contributed by atoms with Gasteiger partial charge in [-0.05, 0) is 26.9 Å². The Morgan fingerprint density at radius 1 is 1.38 bits per heavy atom. The third-order valence-corrected chi connectivity index (χ3v) is 4.16. The molecule has 0 bridgehead atoms. The summed E-state index contributed by atoms with van der Waals surface area (Å²) in [6.45, 7) is 3.92. The molecule has 1 heterocycles. The van der Waals surface area contributed by atoms with Crippen LogP contribution < -0.4 is 5.32 Å². The van der Waals surface area contributed by atoms with Crippen LogP contribution in [0.15, 0.2) is 12.2 Å². The van der Waals surface area contributed by atoms with E-state index < -0.39 is 6.10 Å². The minimum absolute atomic E-state index is 0.122. The second-order valence-corrected chi connectivity index (χ2v) is 6.06. The molecule has 0 radical (unpaired) electrons. The van der Waals surface area contributed by atoms with Gasteiger partial charge in [0.25, 0.3) is 0 Å². The highest BCUT2D eigenvalue weighted by atomic mass is 16.5. The highest BCUT2D eigenvalue weighted by Gasteiger charge is 2.39. The molecule has 0 aromatic carbocycles.